The van der Waals surface area contributed by atoms with Crippen molar-refractivity contribution in [2.75, 3.05) is 18.0 Å². The predicted molar refractivity (Wildman–Crippen MR) is 93.6 cm³/mol. The molecule has 0 spiro atoms. The number of hydrogen-bond acceptors (Lipinski definition) is 5. The minimum absolute atomic E-state index is 0.0402. The van der Waals surface area contributed by atoms with E-state index < -0.39 is 0 Å². The molecule has 1 fully saturated rings. The van der Waals surface area contributed by atoms with Gasteiger partial charge >= 0.3 is 0 Å². The number of nitrogens with one attached hydrogen (secondary N) is 1. The molecular weight excluding hydrogens is 316 g/mol. The molecule has 128 valence electrons. The van der Waals surface area contributed by atoms with E-state index in [2.05, 4.69) is 15.2 Å². The maximum atomic E-state index is 12.6. The molecule has 2 aromatic heterocycles. The molecule has 4 heterocycles. The van der Waals surface area contributed by atoms with Gasteiger partial charge in [0.05, 0.1) is 17.8 Å². The van der Waals surface area contributed by atoms with Gasteiger partial charge in [-0.05, 0) is 43.5 Å². The standard InChI is InChI=1S/C19H20N4O2/c1-12-9-15-16(11-21-19(15)25)22-18(12)23-7-4-13(5-8-23)17(24)14-3-2-6-20-10-14/h2-3,6,9-10,13H,4-5,7-8,11H2,1H3,(H,21,25). The Morgan fingerprint density at radius 1 is 1.32 bits per heavy atom. The highest BCUT2D eigenvalue weighted by molar-refractivity contribution is 5.98. The Balaban J connectivity index is 1.48. The molecule has 0 aliphatic carbocycles. The number of carbonyl (C=O) groups excluding carboxylic acids is 2. The molecule has 0 saturated carbocycles. The molecule has 2 aromatic rings. The Kier molecular flexibility index (Phi) is 3.95. The lowest BCUT2D eigenvalue weighted by Crippen LogP contribution is -2.37. The lowest BCUT2D eigenvalue weighted by atomic mass is 9.89. The Morgan fingerprint density at radius 3 is 2.84 bits per heavy atom. The molecule has 6 heteroatoms. The Labute approximate surface area is 146 Å². The molecule has 1 saturated heterocycles. The first-order chi connectivity index (χ1) is 12.1. The minimum Gasteiger partial charge on any atom is -0.356 e. The van der Waals surface area contributed by atoms with Crippen molar-refractivity contribution >= 4 is 17.5 Å². The van der Waals surface area contributed by atoms with Crippen LogP contribution in [0.25, 0.3) is 0 Å². The van der Waals surface area contributed by atoms with Crippen molar-refractivity contribution in [2.24, 2.45) is 5.92 Å². The number of aromatic nitrogens is 2. The maximum absolute atomic E-state index is 12.6. The fourth-order valence-electron chi connectivity index (χ4n) is 3.65. The van der Waals surface area contributed by atoms with E-state index in [0.717, 1.165) is 43.0 Å². The first-order valence-corrected chi connectivity index (χ1v) is 8.61. The van der Waals surface area contributed by atoms with Gasteiger partial charge in [0, 0.05) is 37.0 Å². The molecule has 2 aliphatic heterocycles. The smallest absolute Gasteiger partial charge is 0.253 e. The average Bonchev–Trinajstić information content (AvgIpc) is 3.01. The van der Waals surface area contributed by atoms with E-state index in [1.807, 2.05) is 19.1 Å². The van der Waals surface area contributed by atoms with Crippen molar-refractivity contribution in [3.8, 4) is 0 Å². The summed E-state index contributed by atoms with van der Waals surface area (Å²) in [5.41, 5.74) is 3.20. The van der Waals surface area contributed by atoms with E-state index in [-0.39, 0.29) is 17.6 Å². The molecule has 2 aliphatic rings. The van der Waals surface area contributed by atoms with Crippen LogP contribution in [-0.4, -0.2) is 34.7 Å². The molecule has 0 unspecified atom stereocenters. The third kappa shape index (κ3) is 2.88. The number of pyridine rings is 2. The second kappa shape index (κ2) is 6.27. The van der Waals surface area contributed by atoms with E-state index in [0.29, 0.717) is 17.7 Å². The SMILES string of the molecule is Cc1cc2c(nc1N1CCC(C(=O)c3cccnc3)CC1)CNC2=O. The van der Waals surface area contributed by atoms with Crippen molar-refractivity contribution in [2.45, 2.75) is 26.3 Å². The summed E-state index contributed by atoms with van der Waals surface area (Å²) in [4.78, 5) is 35.3. The summed E-state index contributed by atoms with van der Waals surface area (Å²) in [6.07, 6.45) is 4.94. The summed E-state index contributed by atoms with van der Waals surface area (Å²) in [6.45, 7) is 4.08. The van der Waals surface area contributed by atoms with Crippen LogP contribution in [0.2, 0.25) is 0 Å². The quantitative estimate of drug-likeness (QED) is 0.869. The van der Waals surface area contributed by atoms with Crippen LogP contribution in [0.4, 0.5) is 5.82 Å². The summed E-state index contributed by atoms with van der Waals surface area (Å²) in [5, 5.41) is 2.81. The zero-order chi connectivity index (χ0) is 17.4. The normalized spacial score (nSPS) is 17.3. The molecule has 0 radical (unpaired) electrons. The van der Waals surface area contributed by atoms with E-state index in [1.54, 1.807) is 18.5 Å². The van der Waals surface area contributed by atoms with Crippen LogP contribution in [0.5, 0.6) is 0 Å². The number of aryl methyl sites for hydroxylation is 1. The number of hydrogen-bond donors (Lipinski definition) is 1. The molecule has 1 amide bonds. The topological polar surface area (TPSA) is 75.2 Å². The Hall–Kier alpha value is -2.76. The second-order valence-corrected chi connectivity index (χ2v) is 6.67. The maximum Gasteiger partial charge on any atom is 0.253 e. The first kappa shape index (κ1) is 15.7. The van der Waals surface area contributed by atoms with Crippen LogP contribution >= 0.6 is 0 Å². The summed E-state index contributed by atoms with van der Waals surface area (Å²) >= 11 is 0. The van der Waals surface area contributed by atoms with Gasteiger partial charge in [-0.25, -0.2) is 4.98 Å². The monoisotopic (exact) mass is 336 g/mol. The highest BCUT2D eigenvalue weighted by Gasteiger charge is 2.29. The Bertz CT molecular complexity index is 827. The third-order valence-electron chi connectivity index (χ3n) is 5.04. The van der Waals surface area contributed by atoms with Crippen molar-refractivity contribution in [3.05, 3.63) is 53.0 Å². The third-order valence-corrected chi connectivity index (χ3v) is 5.04. The average molecular weight is 336 g/mol. The van der Waals surface area contributed by atoms with Crippen LogP contribution < -0.4 is 10.2 Å². The van der Waals surface area contributed by atoms with Gasteiger partial charge in [0.15, 0.2) is 5.78 Å². The predicted octanol–water partition coefficient (Wildman–Crippen LogP) is 2.13. The number of fused-ring (bicyclic) bond motifs is 1. The number of carbonyl (C=O) groups is 2. The molecule has 0 bridgehead atoms. The van der Waals surface area contributed by atoms with Crippen LogP contribution in [-0.2, 0) is 6.54 Å². The number of nitrogens with zero attached hydrogens (tertiary/aromatic N) is 3. The first-order valence-electron chi connectivity index (χ1n) is 8.61. The minimum atomic E-state index is -0.0436. The van der Waals surface area contributed by atoms with Crippen molar-refractivity contribution in [3.63, 3.8) is 0 Å². The van der Waals surface area contributed by atoms with Gasteiger partial charge in [0.25, 0.3) is 5.91 Å². The lowest BCUT2D eigenvalue weighted by Gasteiger charge is -2.33. The Morgan fingerprint density at radius 2 is 2.12 bits per heavy atom. The molecule has 0 atom stereocenters. The van der Waals surface area contributed by atoms with Gasteiger partial charge in [0.2, 0.25) is 0 Å². The van der Waals surface area contributed by atoms with Gasteiger partial charge in [-0.3, -0.25) is 14.6 Å². The molecule has 25 heavy (non-hydrogen) atoms. The number of ketones is 1. The summed E-state index contributed by atoms with van der Waals surface area (Å²) in [6, 6.07) is 5.56. The summed E-state index contributed by atoms with van der Waals surface area (Å²) < 4.78 is 0. The lowest BCUT2D eigenvalue weighted by molar-refractivity contribution is 0.0899. The zero-order valence-corrected chi connectivity index (χ0v) is 14.2. The molecule has 1 N–H and O–H groups in total. The molecule has 4 rings (SSSR count). The van der Waals surface area contributed by atoms with Gasteiger partial charge < -0.3 is 10.2 Å². The molecule has 0 aromatic carbocycles. The van der Waals surface area contributed by atoms with Crippen LogP contribution in [0, 0.1) is 12.8 Å². The van der Waals surface area contributed by atoms with Crippen LogP contribution in [0.1, 0.15) is 44.8 Å². The van der Waals surface area contributed by atoms with Gasteiger partial charge in [-0.1, -0.05) is 0 Å². The van der Waals surface area contributed by atoms with E-state index >= 15 is 0 Å². The molecule has 6 nitrogen and oxygen atoms in total. The highest BCUT2D eigenvalue weighted by atomic mass is 16.2. The zero-order valence-electron chi connectivity index (χ0n) is 14.2. The number of anilines is 1. The van der Waals surface area contributed by atoms with Gasteiger partial charge in [-0.15, -0.1) is 0 Å². The highest BCUT2D eigenvalue weighted by Crippen LogP contribution is 2.28. The largest absolute Gasteiger partial charge is 0.356 e. The number of amides is 1. The fourth-order valence-corrected chi connectivity index (χ4v) is 3.65. The number of Topliss-reactive ketones (excluding diaryl/α,β-unsaturated/α-hetero) is 1. The number of piperidine rings is 1. The summed E-state index contributed by atoms with van der Waals surface area (Å²) in [7, 11) is 0. The van der Waals surface area contributed by atoms with E-state index in [1.165, 1.54) is 0 Å². The fraction of sp³-hybridized carbons (Fsp3) is 0.368. The van der Waals surface area contributed by atoms with E-state index in [9.17, 15) is 9.59 Å². The van der Waals surface area contributed by atoms with Crippen molar-refractivity contribution in [1.29, 1.82) is 0 Å². The second-order valence-electron chi connectivity index (χ2n) is 6.67. The molecular formula is C19H20N4O2. The van der Waals surface area contributed by atoms with Gasteiger partial charge in [-0.2, -0.15) is 0 Å². The summed E-state index contributed by atoms with van der Waals surface area (Å²) in [5.74, 6) is 1.11. The van der Waals surface area contributed by atoms with E-state index in [4.69, 9.17) is 4.98 Å². The van der Waals surface area contributed by atoms with Crippen LogP contribution in [0.3, 0.4) is 0 Å². The van der Waals surface area contributed by atoms with Gasteiger partial charge in [0.1, 0.15) is 5.82 Å². The van der Waals surface area contributed by atoms with Crippen LogP contribution in [0.15, 0.2) is 30.6 Å². The van der Waals surface area contributed by atoms with Crippen molar-refractivity contribution in [1.82, 2.24) is 15.3 Å². The number of rotatable bonds is 3. The van der Waals surface area contributed by atoms with Crippen molar-refractivity contribution < 1.29 is 9.59 Å².